The van der Waals surface area contributed by atoms with Crippen LogP contribution in [0, 0.1) is 35.0 Å². The van der Waals surface area contributed by atoms with Gasteiger partial charge in [-0.15, -0.1) is 0 Å². The lowest BCUT2D eigenvalue weighted by Gasteiger charge is -2.35. The Bertz CT molecular complexity index is 544. The summed E-state index contributed by atoms with van der Waals surface area (Å²) in [6.07, 6.45) is 0.409. The van der Waals surface area contributed by atoms with Gasteiger partial charge in [-0.05, 0) is 31.6 Å². The van der Waals surface area contributed by atoms with E-state index >= 15 is 0 Å². The zero-order valence-corrected chi connectivity index (χ0v) is 13.7. The summed E-state index contributed by atoms with van der Waals surface area (Å²) in [7, 11) is 0.0842. The van der Waals surface area contributed by atoms with E-state index < -0.39 is 52.5 Å². The fourth-order valence-electron chi connectivity index (χ4n) is 2.91. The summed E-state index contributed by atoms with van der Waals surface area (Å²) in [4.78, 5) is 0. The normalized spacial score (nSPS) is 23.0. The van der Waals surface area contributed by atoms with Gasteiger partial charge in [-0.1, -0.05) is 0 Å². The van der Waals surface area contributed by atoms with E-state index in [-0.39, 0.29) is 36.2 Å². The first-order valence-corrected chi connectivity index (χ1v) is 7.53. The van der Waals surface area contributed by atoms with Gasteiger partial charge in [0.2, 0.25) is 5.82 Å². The number of hydrogen-bond acceptors (Lipinski definition) is 3. The van der Waals surface area contributed by atoms with Crippen molar-refractivity contribution >= 4 is 10.5 Å². The molecule has 3 nitrogen and oxygen atoms in total. The average Bonchev–Trinajstić information content (AvgIpc) is 2.52. The number of halogens is 5. The molecule has 2 N–H and O–H groups in total. The third kappa shape index (κ3) is 2.90. The van der Waals surface area contributed by atoms with Gasteiger partial charge >= 0.3 is 0 Å². The summed E-state index contributed by atoms with van der Waals surface area (Å²) in [5.74, 6) is -13.6. The molecule has 0 spiro atoms. The standard InChI is InChI=1S/C13H15F5O3Si/c14-8-7(9(15)11(17)12(18)10(8)16)5-1-3-6(4-2-5)13(19,20)21-22/h5-6,19-20H,1-4H2,22H3. The molecule has 0 atom stereocenters. The van der Waals surface area contributed by atoms with E-state index in [4.69, 9.17) is 0 Å². The highest BCUT2D eigenvalue weighted by Crippen LogP contribution is 2.42. The van der Waals surface area contributed by atoms with Crippen LogP contribution in [-0.2, 0) is 4.43 Å². The molecule has 0 unspecified atom stereocenters. The molecule has 124 valence electrons. The van der Waals surface area contributed by atoms with Gasteiger partial charge < -0.3 is 14.6 Å². The zero-order chi connectivity index (χ0) is 16.7. The number of rotatable bonds is 3. The highest BCUT2D eigenvalue weighted by Gasteiger charge is 2.39. The van der Waals surface area contributed by atoms with Crippen LogP contribution in [0.25, 0.3) is 0 Å². The summed E-state index contributed by atoms with van der Waals surface area (Å²) in [6, 6.07) is 0. The largest absolute Gasteiger partial charge is 0.380 e. The Balaban J connectivity index is 2.26. The van der Waals surface area contributed by atoms with Gasteiger partial charge in [0.15, 0.2) is 33.8 Å². The molecule has 1 aromatic rings. The Morgan fingerprint density at radius 2 is 1.23 bits per heavy atom. The molecule has 0 saturated heterocycles. The molecule has 22 heavy (non-hydrogen) atoms. The van der Waals surface area contributed by atoms with Crippen LogP contribution in [0.15, 0.2) is 0 Å². The molecule has 0 bridgehead atoms. The van der Waals surface area contributed by atoms with E-state index in [1.807, 2.05) is 0 Å². The van der Waals surface area contributed by atoms with Gasteiger partial charge in [0, 0.05) is 11.5 Å². The van der Waals surface area contributed by atoms with E-state index in [1.165, 1.54) is 0 Å². The first-order chi connectivity index (χ1) is 10.2. The Labute approximate surface area is 126 Å². The van der Waals surface area contributed by atoms with Crippen molar-refractivity contribution in [2.45, 2.75) is 37.6 Å². The lowest BCUT2D eigenvalue weighted by atomic mass is 9.77. The van der Waals surface area contributed by atoms with Gasteiger partial charge in [-0.3, -0.25) is 0 Å². The molecule has 0 aliphatic heterocycles. The summed E-state index contributed by atoms with van der Waals surface area (Å²) in [6.45, 7) is 0. The quantitative estimate of drug-likeness (QED) is 0.288. The van der Waals surface area contributed by atoms with Crippen molar-refractivity contribution in [1.29, 1.82) is 0 Å². The van der Waals surface area contributed by atoms with Crippen molar-refractivity contribution < 1.29 is 36.6 Å². The van der Waals surface area contributed by atoms with Gasteiger partial charge in [0.05, 0.1) is 0 Å². The van der Waals surface area contributed by atoms with Crippen molar-refractivity contribution in [2.24, 2.45) is 5.92 Å². The first kappa shape index (κ1) is 17.3. The number of benzene rings is 1. The summed E-state index contributed by atoms with van der Waals surface area (Å²) >= 11 is 0. The Morgan fingerprint density at radius 1 is 0.818 bits per heavy atom. The minimum Gasteiger partial charge on any atom is -0.380 e. The average molecular weight is 342 g/mol. The van der Waals surface area contributed by atoms with Crippen LogP contribution in [0.4, 0.5) is 22.0 Å². The van der Waals surface area contributed by atoms with Gasteiger partial charge in [0.25, 0.3) is 5.97 Å². The van der Waals surface area contributed by atoms with E-state index in [9.17, 15) is 32.2 Å². The fourth-order valence-corrected chi connectivity index (χ4v) is 3.24. The van der Waals surface area contributed by atoms with E-state index in [0.717, 1.165) is 0 Å². The second kappa shape index (κ2) is 6.23. The molecular weight excluding hydrogens is 327 g/mol. The SMILES string of the molecule is OC(O)(O[SiH3])C1CCC(c2c(F)c(F)c(F)c(F)c2F)CC1. The van der Waals surface area contributed by atoms with Crippen LogP contribution in [-0.4, -0.2) is 26.7 Å². The zero-order valence-electron chi connectivity index (χ0n) is 11.7. The third-order valence-corrected chi connectivity index (χ3v) is 4.81. The minimum absolute atomic E-state index is 0.0663. The van der Waals surface area contributed by atoms with Crippen molar-refractivity contribution in [3.8, 4) is 0 Å². The Morgan fingerprint density at radius 3 is 1.64 bits per heavy atom. The molecule has 1 saturated carbocycles. The number of hydrogen-bond donors (Lipinski definition) is 2. The second-order valence-electron chi connectivity index (χ2n) is 5.39. The van der Waals surface area contributed by atoms with Crippen molar-refractivity contribution in [2.75, 3.05) is 0 Å². The molecule has 0 radical (unpaired) electrons. The lowest BCUT2D eigenvalue weighted by Crippen LogP contribution is -2.41. The molecule has 0 amide bonds. The molecule has 1 aromatic carbocycles. The number of aliphatic hydroxyl groups is 2. The van der Waals surface area contributed by atoms with E-state index in [1.54, 1.807) is 0 Å². The van der Waals surface area contributed by atoms with Crippen LogP contribution >= 0.6 is 0 Å². The van der Waals surface area contributed by atoms with E-state index in [2.05, 4.69) is 4.43 Å². The Kier molecular flexibility index (Phi) is 4.90. The summed E-state index contributed by atoms with van der Waals surface area (Å²) in [5.41, 5.74) is -0.830. The molecule has 1 aliphatic carbocycles. The molecule has 0 heterocycles. The first-order valence-electron chi connectivity index (χ1n) is 6.71. The monoisotopic (exact) mass is 342 g/mol. The topological polar surface area (TPSA) is 49.7 Å². The molecule has 0 aromatic heterocycles. The predicted octanol–water partition coefficient (Wildman–Crippen LogP) is 1.59. The fraction of sp³-hybridized carbons (Fsp3) is 0.538. The summed E-state index contributed by atoms with van der Waals surface area (Å²) < 4.78 is 71.6. The molecular formula is C13H15F5O3Si. The van der Waals surface area contributed by atoms with Crippen LogP contribution in [0.3, 0.4) is 0 Å². The van der Waals surface area contributed by atoms with Crippen molar-refractivity contribution in [3.63, 3.8) is 0 Å². The second-order valence-corrected chi connectivity index (χ2v) is 5.80. The third-order valence-electron chi connectivity index (χ3n) is 4.21. The maximum Gasteiger partial charge on any atom is 0.270 e. The Hall–Kier alpha value is -1.03. The van der Waals surface area contributed by atoms with Gasteiger partial charge in [-0.2, -0.15) is 0 Å². The minimum atomic E-state index is -2.31. The maximum atomic E-state index is 13.7. The molecule has 1 fully saturated rings. The smallest absolute Gasteiger partial charge is 0.270 e. The van der Waals surface area contributed by atoms with Crippen LogP contribution in [0.2, 0.25) is 0 Å². The molecule has 2 rings (SSSR count). The van der Waals surface area contributed by atoms with Crippen LogP contribution in [0.5, 0.6) is 0 Å². The highest BCUT2D eigenvalue weighted by atomic mass is 28.2. The summed E-state index contributed by atoms with van der Waals surface area (Å²) in [5, 5.41) is 19.2. The van der Waals surface area contributed by atoms with Crippen LogP contribution in [0.1, 0.15) is 37.2 Å². The highest BCUT2D eigenvalue weighted by molar-refractivity contribution is 5.98. The van der Waals surface area contributed by atoms with Gasteiger partial charge in [0.1, 0.15) is 0 Å². The van der Waals surface area contributed by atoms with E-state index in [0.29, 0.717) is 0 Å². The van der Waals surface area contributed by atoms with Crippen molar-refractivity contribution in [1.82, 2.24) is 0 Å². The maximum absolute atomic E-state index is 13.7. The van der Waals surface area contributed by atoms with Crippen LogP contribution < -0.4 is 0 Å². The van der Waals surface area contributed by atoms with Gasteiger partial charge in [-0.25, -0.2) is 22.0 Å². The molecule has 9 heteroatoms. The molecule has 1 aliphatic rings. The lowest BCUT2D eigenvalue weighted by molar-refractivity contribution is -0.327. The van der Waals surface area contributed by atoms with Crippen molar-refractivity contribution in [3.05, 3.63) is 34.6 Å². The predicted molar refractivity (Wildman–Crippen MR) is 69.1 cm³/mol.